The van der Waals surface area contributed by atoms with E-state index in [1.54, 1.807) is 4.90 Å². The number of nitrogens with zero attached hydrogens (tertiary/aromatic N) is 2. The van der Waals surface area contributed by atoms with E-state index in [0.29, 0.717) is 29.4 Å². The maximum atomic E-state index is 13.6. The quantitative estimate of drug-likeness (QED) is 0.0376. The number of thioether (sulfide) groups is 1. The molecule has 0 spiro atoms. The summed E-state index contributed by atoms with van der Waals surface area (Å²) >= 11 is 1.19. The van der Waals surface area contributed by atoms with Gasteiger partial charge in [-0.2, -0.15) is 0 Å². The van der Waals surface area contributed by atoms with Gasteiger partial charge in [0.1, 0.15) is 26.4 Å². The van der Waals surface area contributed by atoms with Gasteiger partial charge in [-0.15, -0.1) is 0 Å². The van der Waals surface area contributed by atoms with Crippen molar-refractivity contribution in [3.8, 4) is 0 Å². The molecule has 4 rings (SSSR count). The highest BCUT2D eigenvalue weighted by molar-refractivity contribution is 8.13. The van der Waals surface area contributed by atoms with Crippen molar-refractivity contribution in [1.82, 2.24) is 9.80 Å². The molecule has 0 saturated heterocycles. The Morgan fingerprint density at radius 1 is 0.431 bits per heavy atom. The second-order valence-corrected chi connectivity index (χ2v) is 22.8. The number of carbonyl (C=O) groups is 7. The Hall–Kier alpha value is -3.40. The Kier molecular flexibility index (Phi) is 29.1. The van der Waals surface area contributed by atoms with Crippen LogP contribution in [0.2, 0.25) is 0 Å². The minimum Gasteiger partial charge on any atom is -0.461 e. The second-order valence-electron chi connectivity index (χ2n) is 21.7. The molecular weight excluding hydrogens is 941 g/mol. The summed E-state index contributed by atoms with van der Waals surface area (Å²) in [7, 11) is 3.95. The number of hydrogen-bond acceptors (Lipinski definition) is 15. The summed E-state index contributed by atoms with van der Waals surface area (Å²) in [6, 6.07) is 0. The molecule has 4 saturated carbocycles. The molecule has 0 aromatic carbocycles. The van der Waals surface area contributed by atoms with Crippen LogP contribution >= 0.6 is 11.8 Å². The van der Waals surface area contributed by atoms with E-state index in [2.05, 4.69) is 32.6 Å². The molecule has 0 heterocycles. The van der Waals surface area contributed by atoms with Gasteiger partial charge in [-0.3, -0.25) is 33.6 Å². The van der Waals surface area contributed by atoms with Crippen LogP contribution in [0.1, 0.15) is 188 Å². The molecule has 15 nitrogen and oxygen atoms in total. The summed E-state index contributed by atoms with van der Waals surface area (Å²) in [6.07, 6.45) is 17.5. The molecule has 0 bridgehead atoms. The van der Waals surface area contributed by atoms with Crippen LogP contribution in [-0.2, 0) is 57.2 Å². The van der Waals surface area contributed by atoms with Gasteiger partial charge in [0.2, 0.25) is 0 Å². The standard InChI is InChI=1S/C56H94N2O13S/c1-7-40-16-24-44(25-17-40)52(61)66-36-48(37-67-53(62)45-26-18-41(8-2)19-27-45)70-50(59)14-11-33-58(56(65)72-35-13-32-57(5)6)34-12-15-51(60)71-49(38-68-54(63)46-28-20-42(9-3)21-29-46)39-69-55(64)47-30-22-43(10-4)23-31-47/h40-49H,7-39H2,1-6H3. The molecule has 0 aromatic rings. The van der Waals surface area contributed by atoms with Crippen LogP contribution in [0.5, 0.6) is 0 Å². The zero-order valence-electron chi connectivity index (χ0n) is 45.2. The normalized spacial score (nSPS) is 25.3. The maximum Gasteiger partial charge on any atom is 0.309 e. The van der Waals surface area contributed by atoms with E-state index < -0.39 is 24.1 Å². The van der Waals surface area contributed by atoms with E-state index in [0.717, 1.165) is 141 Å². The third-order valence-electron chi connectivity index (χ3n) is 16.1. The molecule has 72 heavy (non-hydrogen) atoms. The number of rotatable bonds is 30. The van der Waals surface area contributed by atoms with Gasteiger partial charge in [0.15, 0.2) is 12.2 Å². The predicted octanol–water partition coefficient (Wildman–Crippen LogP) is 10.5. The molecule has 0 aromatic heterocycles. The van der Waals surface area contributed by atoms with Crippen molar-refractivity contribution in [3.63, 3.8) is 0 Å². The molecular formula is C56H94N2O13S. The average Bonchev–Trinajstić information content (AvgIpc) is 3.40. The Balaban J connectivity index is 1.32. The van der Waals surface area contributed by atoms with Gasteiger partial charge in [-0.25, -0.2) is 0 Å². The van der Waals surface area contributed by atoms with Gasteiger partial charge >= 0.3 is 35.8 Å². The maximum absolute atomic E-state index is 13.6. The molecule has 412 valence electrons. The molecule has 0 radical (unpaired) electrons. The summed E-state index contributed by atoms with van der Waals surface area (Å²) in [5.74, 6) is -0.189. The predicted molar refractivity (Wildman–Crippen MR) is 278 cm³/mol. The zero-order chi connectivity index (χ0) is 52.3. The van der Waals surface area contributed by atoms with Gasteiger partial charge in [-0.1, -0.05) is 65.1 Å². The van der Waals surface area contributed by atoms with E-state index in [1.165, 1.54) is 11.8 Å². The summed E-state index contributed by atoms with van der Waals surface area (Å²) in [5.41, 5.74) is 0. The number of carbonyl (C=O) groups excluding carboxylic acids is 7. The van der Waals surface area contributed by atoms with Gasteiger partial charge in [0.05, 0.1) is 23.7 Å². The van der Waals surface area contributed by atoms with Crippen molar-refractivity contribution in [2.45, 2.75) is 200 Å². The Morgan fingerprint density at radius 3 is 0.986 bits per heavy atom. The van der Waals surface area contributed by atoms with Crippen LogP contribution in [0.4, 0.5) is 4.79 Å². The molecule has 4 aliphatic rings. The molecule has 4 aliphatic carbocycles. The first-order valence-electron chi connectivity index (χ1n) is 28.3. The van der Waals surface area contributed by atoms with E-state index in [1.807, 2.05) is 14.1 Å². The zero-order valence-corrected chi connectivity index (χ0v) is 46.0. The van der Waals surface area contributed by atoms with Crippen molar-refractivity contribution in [2.75, 3.05) is 65.9 Å². The lowest BCUT2D eigenvalue weighted by Crippen LogP contribution is -2.35. The van der Waals surface area contributed by atoms with Crippen LogP contribution in [0.3, 0.4) is 0 Å². The highest BCUT2D eigenvalue weighted by Crippen LogP contribution is 2.34. The first-order chi connectivity index (χ1) is 34.7. The monoisotopic (exact) mass is 1030 g/mol. The number of amides is 1. The fourth-order valence-corrected chi connectivity index (χ4v) is 11.7. The van der Waals surface area contributed by atoms with Crippen LogP contribution in [0, 0.1) is 47.3 Å². The number of hydrogen-bond donors (Lipinski definition) is 0. The second kappa shape index (κ2) is 34.2. The smallest absolute Gasteiger partial charge is 0.309 e. The van der Waals surface area contributed by atoms with Crippen LogP contribution < -0.4 is 0 Å². The summed E-state index contributed by atoms with van der Waals surface area (Å²) in [4.78, 5) is 96.6. The van der Waals surface area contributed by atoms with Gasteiger partial charge < -0.3 is 38.2 Å². The van der Waals surface area contributed by atoms with E-state index in [-0.39, 0.29) is 118 Å². The summed E-state index contributed by atoms with van der Waals surface area (Å²) in [6.45, 7) is 9.04. The van der Waals surface area contributed by atoms with Crippen molar-refractivity contribution in [3.05, 3.63) is 0 Å². The van der Waals surface area contributed by atoms with Crippen molar-refractivity contribution < 1.29 is 62.0 Å². The van der Waals surface area contributed by atoms with Crippen molar-refractivity contribution >= 4 is 52.8 Å². The minimum absolute atomic E-state index is 0.0449. The number of ether oxygens (including phenoxy) is 6. The SMILES string of the molecule is CCC1CCC(C(=O)OCC(COC(=O)C2CCC(CC)CC2)OC(=O)CCCN(CCCC(=O)OC(COC(=O)C2CCC(CC)CC2)COC(=O)C2CCC(CC)CC2)C(=O)SCCCN(C)C)CC1. The van der Waals surface area contributed by atoms with Crippen molar-refractivity contribution in [1.29, 1.82) is 0 Å². The van der Waals surface area contributed by atoms with Crippen LogP contribution in [-0.4, -0.2) is 129 Å². The molecule has 0 atom stereocenters. The van der Waals surface area contributed by atoms with Gasteiger partial charge in [-0.05, 0) is 166 Å². The minimum atomic E-state index is -0.974. The summed E-state index contributed by atoms with van der Waals surface area (Å²) < 4.78 is 34.5. The van der Waals surface area contributed by atoms with E-state index in [9.17, 15) is 33.6 Å². The van der Waals surface area contributed by atoms with Gasteiger partial charge in [0.25, 0.3) is 5.24 Å². The highest BCUT2D eigenvalue weighted by Gasteiger charge is 2.33. The topological polar surface area (TPSA) is 181 Å². The van der Waals surface area contributed by atoms with Crippen LogP contribution in [0.25, 0.3) is 0 Å². The molecule has 0 unspecified atom stereocenters. The summed E-state index contributed by atoms with van der Waals surface area (Å²) in [5, 5.41) is -0.175. The molecule has 4 fully saturated rings. The van der Waals surface area contributed by atoms with Crippen LogP contribution in [0.15, 0.2) is 0 Å². The lowest BCUT2D eigenvalue weighted by molar-refractivity contribution is -0.170. The van der Waals surface area contributed by atoms with Gasteiger partial charge in [0, 0.05) is 31.7 Å². The first-order valence-corrected chi connectivity index (χ1v) is 29.3. The fraction of sp³-hybridized carbons (Fsp3) is 0.875. The lowest BCUT2D eigenvalue weighted by atomic mass is 9.81. The first kappa shape index (κ1) is 61.1. The molecule has 0 N–H and O–H groups in total. The third kappa shape index (κ3) is 23.0. The average molecular weight is 1040 g/mol. The fourth-order valence-electron chi connectivity index (χ4n) is 10.9. The highest BCUT2D eigenvalue weighted by atomic mass is 32.2. The molecule has 16 heteroatoms. The lowest BCUT2D eigenvalue weighted by Gasteiger charge is -2.28. The third-order valence-corrected chi connectivity index (χ3v) is 17.1. The Morgan fingerprint density at radius 2 is 0.722 bits per heavy atom. The van der Waals surface area contributed by atoms with E-state index in [4.69, 9.17) is 28.4 Å². The molecule has 0 aliphatic heterocycles. The van der Waals surface area contributed by atoms with Crippen molar-refractivity contribution in [2.24, 2.45) is 47.3 Å². The van der Waals surface area contributed by atoms with E-state index >= 15 is 0 Å². The largest absolute Gasteiger partial charge is 0.461 e. The number of esters is 6. The Labute approximate surface area is 436 Å². The Bertz CT molecular complexity index is 1450. The molecule has 1 amide bonds.